The van der Waals surface area contributed by atoms with E-state index in [1.54, 1.807) is 0 Å². The van der Waals surface area contributed by atoms with E-state index in [2.05, 4.69) is 25.1 Å². The van der Waals surface area contributed by atoms with Gasteiger partial charge in [-0.25, -0.2) is 0 Å². The first kappa shape index (κ1) is 16.1. The summed E-state index contributed by atoms with van der Waals surface area (Å²) in [5, 5.41) is 11.7. The third-order valence-corrected chi connectivity index (χ3v) is 4.98. The molecule has 0 aromatic heterocycles. The van der Waals surface area contributed by atoms with Crippen molar-refractivity contribution < 1.29 is 5.11 Å². The number of halogens is 2. The molecule has 1 saturated carbocycles. The molecule has 1 aromatic rings. The van der Waals surface area contributed by atoms with Gasteiger partial charge in [-0.15, -0.1) is 0 Å². The van der Waals surface area contributed by atoms with E-state index in [1.807, 2.05) is 19.1 Å². The van der Waals surface area contributed by atoms with Crippen LogP contribution in [-0.4, -0.2) is 36.2 Å². The molecule has 1 N–H and O–H groups in total. The van der Waals surface area contributed by atoms with E-state index >= 15 is 0 Å². The van der Waals surface area contributed by atoms with Crippen LogP contribution in [0.5, 0.6) is 0 Å². The number of likely N-dealkylation sites (N-methyl/N-ethyl adjacent to an activating group) is 1. The van der Waals surface area contributed by atoms with Gasteiger partial charge < -0.3 is 10.0 Å². The fourth-order valence-corrected chi connectivity index (χ4v) is 3.92. The quantitative estimate of drug-likeness (QED) is 0.907. The third kappa shape index (κ3) is 3.48. The molecular weight excluding hydrogens is 293 g/mol. The van der Waals surface area contributed by atoms with Crippen molar-refractivity contribution in [1.29, 1.82) is 0 Å². The maximum Gasteiger partial charge on any atom is 0.0628 e. The van der Waals surface area contributed by atoms with Gasteiger partial charge in [0.1, 0.15) is 0 Å². The number of nitrogens with zero attached hydrogens (tertiary/aromatic N) is 1. The Labute approximate surface area is 131 Å². The Hall–Kier alpha value is -0.280. The van der Waals surface area contributed by atoms with Crippen LogP contribution < -0.4 is 0 Å². The van der Waals surface area contributed by atoms with Gasteiger partial charge in [0.25, 0.3) is 0 Å². The number of hydrogen-bond acceptors (Lipinski definition) is 2. The SMILES string of the molecule is CN(C)C[C@@]1(c2ccc(Cl)c(Cl)c2)CCC[C@@](C)(O)C1. The van der Waals surface area contributed by atoms with Crippen LogP contribution in [0.4, 0.5) is 0 Å². The lowest BCUT2D eigenvalue weighted by Gasteiger charge is -2.46. The van der Waals surface area contributed by atoms with Crippen molar-refractivity contribution in [1.82, 2.24) is 4.90 Å². The molecule has 0 amide bonds. The van der Waals surface area contributed by atoms with Gasteiger partial charge in [0.05, 0.1) is 15.6 Å². The summed E-state index contributed by atoms with van der Waals surface area (Å²) in [5.74, 6) is 0. The third-order valence-electron chi connectivity index (χ3n) is 4.24. The Morgan fingerprint density at radius 3 is 2.45 bits per heavy atom. The van der Waals surface area contributed by atoms with Crippen molar-refractivity contribution in [2.45, 2.75) is 43.6 Å². The number of hydrogen-bond donors (Lipinski definition) is 1. The van der Waals surface area contributed by atoms with Crippen molar-refractivity contribution in [3.05, 3.63) is 33.8 Å². The topological polar surface area (TPSA) is 23.5 Å². The van der Waals surface area contributed by atoms with Crippen molar-refractivity contribution in [3.8, 4) is 0 Å². The van der Waals surface area contributed by atoms with E-state index in [4.69, 9.17) is 23.2 Å². The standard InChI is InChI=1S/C16H23Cl2NO/c1-15(20)7-4-8-16(10-15,11-19(2)3)12-5-6-13(17)14(18)9-12/h5-6,9,20H,4,7-8,10-11H2,1-3H3/t15-,16-/m1/s1. The summed E-state index contributed by atoms with van der Waals surface area (Å²) in [6, 6.07) is 5.88. The van der Waals surface area contributed by atoms with Crippen LogP contribution >= 0.6 is 23.2 Å². The first-order chi connectivity index (χ1) is 9.24. The van der Waals surface area contributed by atoms with Gasteiger partial charge in [0.2, 0.25) is 0 Å². The largest absolute Gasteiger partial charge is 0.390 e. The van der Waals surface area contributed by atoms with Crippen LogP contribution in [0.15, 0.2) is 18.2 Å². The lowest BCUT2D eigenvalue weighted by Crippen LogP contribution is -2.47. The van der Waals surface area contributed by atoms with E-state index in [0.29, 0.717) is 10.0 Å². The Kier molecular flexibility index (Phi) is 4.70. The van der Waals surface area contributed by atoms with Crippen molar-refractivity contribution >= 4 is 23.2 Å². The minimum Gasteiger partial charge on any atom is -0.390 e. The van der Waals surface area contributed by atoms with E-state index < -0.39 is 5.60 Å². The highest BCUT2D eigenvalue weighted by Gasteiger charge is 2.42. The molecule has 0 aliphatic heterocycles. The van der Waals surface area contributed by atoms with Gasteiger partial charge >= 0.3 is 0 Å². The fraction of sp³-hybridized carbons (Fsp3) is 0.625. The molecule has 0 saturated heterocycles. The fourth-order valence-electron chi connectivity index (χ4n) is 3.62. The highest BCUT2D eigenvalue weighted by molar-refractivity contribution is 6.42. The first-order valence-corrected chi connectivity index (χ1v) is 7.82. The second-order valence-electron chi connectivity index (χ2n) is 6.67. The molecule has 0 bridgehead atoms. The average molecular weight is 316 g/mol. The van der Waals surface area contributed by atoms with Crippen LogP contribution in [0, 0.1) is 0 Å². The van der Waals surface area contributed by atoms with Crippen LogP contribution in [0.25, 0.3) is 0 Å². The molecule has 0 spiro atoms. The molecule has 2 atom stereocenters. The summed E-state index contributed by atoms with van der Waals surface area (Å²) in [7, 11) is 4.14. The van der Waals surface area contributed by atoms with Gasteiger partial charge in [-0.2, -0.15) is 0 Å². The van der Waals surface area contributed by atoms with Crippen molar-refractivity contribution in [2.24, 2.45) is 0 Å². The summed E-state index contributed by atoms with van der Waals surface area (Å²) < 4.78 is 0. The smallest absolute Gasteiger partial charge is 0.0628 e. The van der Waals surface area contributed by atoms with E-state index in [-0.39, 0.29) is 5.41 Å². The molecule has 1 fully saturated rings. The minimum absolute atomic E-state index is 0.0561. The highest BCUT2D eigenvalue weighted by Crippen LogP contribution is 2.45. The number of benzene rings is 1. The molecule has 20 heavy (non-hydrogen) atoms. The lowest BCUT2D eigenvalue weighted by molar-refractivity contribution is -0.0157. The van der Waals surface area contributed by atoms with Gasteiger partial charge in [-0.3, -0.25) is 0 Å². The Bertz CT molecular complexity index is 487. The summed E-state index contributed by atoms with van der Waals surface area (Å²) in [4.78, 5) is 2.18. The monoisotopic (exact) mass is 315 g/mol. The molecule has 1 aliphatic rings. The zero-order valence-corrected chi connectivity index (χ0v) is 13.9. The number of aliphatic hydroxyl groups is 1. The first-order valence-electron chi connectivity index (χ1n) is 7.07. The molecule has 1 aromatic carbocycles. The average Bonchev–Trinajstić information content (AvgIpc) is 2.30. The van der Waals surface area contributed by atoms with E-state index in [0.717, 1.165) is 32.2 Å². The van der Waals surface area contributed by atoms with E-state index in [9.17, 15) is 5.11 Å². The van der Waals surface area contributed by atoms with Gasteiger partial charge in [0.15, 0.2) is 0 Å². The predicted octanol–water partition coefficient (Wildman–Crippen LogP) is 4.12. The Balaban J connectivity index is 2.43. The second kappa shape index (κ2) is 5.84. The van der Waals surface area contributed by atoms with Gasteiger partial charge in [0, 0.05) is 12.0 Å². The van der Waals surface area contributed by atoms with Gasteiger partial charge in [-0.05, 0) is 64.4 Å². The maximum atomic E-state index is 10.5. The molecule has 1 aliphatic carbocycles. The summed E-state index contributed by atoms with van der Waals surface area (Å²) in [6.45, 7) is 2.84. The molecule has 2 nitrogen and oxygen atoms in total. The van der Waals surface area contributed by atoms with Gasteiger partial charge in [-0.1, -0.05) is 29.3 Å². The summed E-state index contributed by atoms with van der Waals surface area (Å²) >= 11 is 12.2. The zero-order valence-electron chi connectivity index (χ0n) is 12.4. The second-order valence-corrected chi connectivity index (χ2v) is 7.49. The normalized spacial score (nSPS) is 30.8. The lowest BCUT2D eigenvalue weighted by atomic mass is 9.64. The maximum absolute atomic E-state index is 10.5. The van der Waals surface area contributed by atoms with Crippen molar-refractivity contribution in [2.75, 3.05) is 20.6 Å². The Morgan fingerprint density at radius 2 is 1.90 bits per heavy atom. The molecule has 0 radical (unpaired) electrons. The van der Waals surface area contributed by atoms with Crippen molar-refractivity contribution in [3.63, 3.8) is 0 Å². The van der Waals surface area contributed by atoms with Crippen LogP contribution in [0.1, 0.15) is 38.2 Å². The van der Waals surface area contributed by atoms with E-state index in [1.165, 1.54) is 5.56 Å². The van der Waals surface area contributed by atoms with Crippen LogP contribution in [0.2, 0.25) is 10.0 Å². The molecule has 0 unspecified atom stereocenters. The zero-order chi connectivity index (χ0) is 15.0. The molecule has 4 heteroatoms. The molecular formula is C16H23Cl2NO. The van der Waals surface area contributed by atoms with Crippen LogP contribution in [-0.2, 0) is 5.41 Å². The minimum atomic E-state index is -0.611. The molecule has 2 rings (SSSR count). The highest BCUT2D eigenvalue weighted by atomic mass is 35.5. The molecule has 0 heterocycles. The summed E-state index contributed by atoms with van der Waals surface area (Å²) in [5.41, 5.74) is 0.514. The Morgan fingerprint density at radius 1 is 1.20 bits per heavy atom. The number of rotatable bonds is 3. The van der Waals surface area contributed by atoms with Crippen LogP contribution in [0.3, 0.4) is 0 Å². The predicted molar refractivity (Wildman–Crippen MR) is 85.8 cm³/mol. The molecule has 112 valence electrons. The summed E-state index contributed by atoms with van der Waals surface area (Å²) in [6.07, 6.45) is 3.72.